The van der Waals surface area contributed by atoms with Crippen molar-refractivity contribution in [2.45, 2.75) is 64.3 Å². The standard InChI is InChI=1S/C19H28N2O2S/c1-14-10-11-17(24-14)19(23)21-13-7-3-2-6-12-20-18(22)15-8-4-5-9-16(15)21/h10-11,15-16H,2-9,12-13H2,1H3,(H,20,22). The summed E-state index contributed by atoms with van der Waals surface area (Å²) in [5.74, 6) is 0.237. The maximum Gasteiger partial charge on any atom is 0.264 e. The van der Waals surface area contributed by atoms with Gasteiger partial charge in [0, 0.05) is 24.0 Å². The smallest absolute Gasteiger partial charge is 0.264 e. The van der Waals surface area contributed by atoms with Gasteiger partial charge in [-0.05, 0) is 44.7 Å². The monoisotopic (exact) mass is 348 g/mol. The normalized spacial score (nSPS) is 26.2. The number of hydrogen-bond acceptors (Lipinski definition) is 3. The molecule has 5 heteroatoms. The van der Waals surface area contributed by atoms with Crippen molar-refractivity contribution in [1.29, 1.82) is 0 Å². The number of thiophene rings is 1. The number of rotatable bonds is 1. The highest BCUT2D eigenvalue weighted by molar-refractivity contribution is 7.13. The van der Waals surface area contributed by atoms with E-state index < -0.39 is 0 Å². The highest BCUT2D eigenvalue weighted by Crippen LogP contribution is 2.31. The summed E-state index contributed by atoms with van der Waals surface area (Å²) in [6.07, 6.45) is 8.39. The maximum atomic E-state index is 13.1. The zero-order valence-electron chi connectivity index (χ0n) is 14.6. The van der Waals surface area contributed by atoms with Crippen LogP contribution in [0, 0.1) is 12.8 Å². The maximum absolute atomic E-state index is 13.1. The van der Waals surface area contributed by atoms with Gasteiger partial charge in [0.25, 0.3) is 5.91 Å². The predicted octanol–water partition coefficient (Wildman–Crippen LogP) is 3.75. The Bertz CT molecular complexity index is 584. The molecule has 1 aliphatic carbocycles. The Balaban J connectivity index is 1.86. The largest absolute Gasteiger partial charge is 0.356 e. The van der Waals surface area contributed by atoms with E-state index in [0.29, 0.717) is 0 Å². The minimum Gasteiger partial charge on any atom is -0.356 e. The Morgan fingerprint density at radius 1 is 1.12 bits per heavy atom. The van der Waals surface area contributed by atoms with E-state index in [4.69, 9.17) is 0 Å². The van der Waals surface area contributed by atoms with E-state index in [-0.39, 0.29) is 23.8 Å². The Labute approximate surface area is 148 Å². The summed E-state index contributed by atoms with van der Waals surface area (Å²) in [6, 6.07) is 4.01. The summed E-state index contributed by atoms with van der Waals surface area (Å²) >= 11 is 1.56. The molecule has 3 rings (SSSR count). The molecule has 2 aliphatic rings. The minimum absolute atomic E-state index is 0.0399. The first kappa shape index (κ1) is 17.5. The zero-order valence-corrected chi connectivity index (χ0v) is 15.4. The SMILES string of the molecule is Cc1ccc(C(=O)N2CCCCCCNC(=O)C3CCCCC32)s1. The summed E-state index contributed by atoms with van der Waals surface area (Å²) in [4.78, 5) is 29.8. The molecule has 1 aliphatic heterocycles. The second-order valence-corrected chi connectivity index (χ2v) is 8.36. The number of carbonyl (C=O) groups excluding carboxylic acids is 2. The van der Waals surface area contributed by atoms with Crippen molar-refractivity contribution < 1.29 is 9.59 Å². The van der Waals surface area contributed by atoms with Gasteiger partial charge in [-0.25, -0.2) is 0 Å². The molecule has 1 saturated heterocycles. The Hall–Kier alpha value is -1.36. The van der Waals surface area contributed by atoms with Gasteiger partial charge >= 0.3 is 0 Å². The zero-order chi connectivity index (χ0) is 16.9. The fourth-order valence-electron chi connectivity index (χ4n) is 4.00. The molecule has 2 unspecified atom stereocenters. The quantitative estimate of drug-likeness (QED) is 0.840. The molecule has 4 nitrogen and oxygen atoms in total. The second kappa shape index (κ2) is 8.15. The van der Waals surface area contributed by atoms with Crippen LogP contribution < -0.4 is 5.32 Å². The van der Waals surface area contributed by atoms with Gasteiger partial charge < -0.3 is 10.2 Å². The molecule has 132 valence electrons. The van der Waals surface area contributed by atoms with Crippen molar-refractivity contribution in [1.82, 2.24) is 10.2 Å². The number of hydrogen-bond donors (Lipinski definition) is 1. The van der Waals surface area contributed by atoms with Gasteiger partial charge in [-0.1, -0.05) is 25.7 Å². The van der Waals surface area contributed by atoms with Crippen molar-refractivity contribution in [2.24, 2.45) is 5.92 Å². The van der Waals surface area contributed by atoms with Crippen molar-refractivity contribution in [3.63, 3.8) is 0 Å². The van der Waals surface area contributed by atoms with Gasteiger partial charge in [-0.3, -0.25) is 9.59 Å². The molecule has 0 spiro atoms. The lowest BCUT2D eigenvalue weighted by molar-refractivity contribution is -0.128. The van der Waals surface area contributed by atoms with E-state index in [9.17, 15) is 9.59 Å². The van der Waals surface area contributed by atoms with E-state index in [1.165, 1.54) is 0 Å². The third-order valence-corrected chi connectivity index (χ3v) is 6.29. The van der Waals surface area contributed by atoms with E-state index in [0.717, 1.165) is 74.2 Å². The molecule has 2 amide bonds. The molecule has 2 fully saturated rings. The number of amides is 2. The Kier molecular flexibility index (Phi) is 5.93. The van der Waals surface area contributed by atoms with Gasteiger partial charge in [-0.2, -0.15) is 0 Å². The van der Waals surface area contributed by atoms with Gasteiger partial charge in [0.05, 0.1) is 10.8 Å². The lowest BCUT2D eigenvalue weighted by Gasteiger charge is -2.39. The number of fused-ring (bicyclic) bond motifs is 1. The summed E-state index contributed by atoms with van der Waals surface area (Å²) < 4.78 is 0. The van der Waals surface area contributed by atoms with Crippen LogP contribution in [-0.2, 0) is 4.79 Å². The molecule has 0 aromatic carbocycles. The molecular formula is C19H28N2O2S. The first-order valence-electron chi connectivity index (χ1n) is 9.32. The minimum atomic E-state index is -0.0399. The third-order valence-electron chi connectivity index (χ3n) is 5.30. The van der Waals surface area contributed by atoms with Crippen LogP contribution in [0.3, 0.4) is 0 Å². The van der Waals surface area contributed by atoms with Gasteiger partial charge in [0.2, 0.25) is 5.91 Å². The van der Waals surface area contributed by atoms with Gasteiger partial charge in [0.15, 0.2) is 0 Å². The van der Waals surface area contributed by atoms with E-state index in [2.05, 4.69) is 5.32 Å². The summed E-state index contributed by atoms with van der Waals surface area (Å²) in [7, 11) is 0. The molecule has 2 heterocycles. The molecular weight excluding hydrogens is 320 g/mol. The lowest BCUT2D eigenvalue weighted by Crippen LogP contribution is -2.51. The summed E-state index contributed by atoms with van der Waals surface area (Å²) in [6.45, 7) is 3.59. The van der Waals surface area contributed by atoms with Crippen molar-refractivity contribution >= 4 is 23.2 Å². The number of carbonyl (C=O) groups is 2. The van der Waals surface area contributed by atoms with E-state index in [1.54, 1.807) is 11.3 Å². The highest BCUT2D eigenvalue weighted by Gasteiger charge is 2.37. The molecule has 24 heavy (non-hydrogen) atoms. The Morgan fingerprint density at radius 2 is 1.92 bits per heavy atom. The van der Waals surface area contributed by atoms with E-state index in [1.807, 2.05) is 24.0 Å². The van der Waals surface area contributed by atoms with Crippen LogP contribution in [0.4, 0.5) is 0 Å². The van der Waals surface area contributed by atoms with Crippen LogP contribution in [0.1, 0.15) is 65.9 Å². The second-order valence-electron chi connectivity index (χ2n) is 7.07. The number of nitrogens with one attached hydrogen (secondary N) is 1. The predicted molar refractivity (Wildman–Crippen MR) is 97.3 cm³/mol. The van der Waals surface area contributed by atoms with Gasteiger partial charge in [0.1, 0.15) is 0 Å². The fourth-order valence-corrected chi connectivity index (χ4v) is 4.83. The highest BCUT2D eigenvalue weighted by atomic mass is 32.1. The molecule has 1 saturated carbocycles. The molecule has 1 N–H and O–H groups in total. The first-order chi connectivity index (χ1) is 11.7. The Morgan fingerprint density at radius 3 is 2.71 bits per heavy atom. The molecule has 1 aromatic heterocycles. The third kappa shape index (κ3) is 4.00. The molecule has 0 radical (unpaired) electrons. The van der Waals surface area contributed by atoms with Crippen LogP contribution in [0.2, 0.25) is 0 Å². The first-order valence-corrected chi connectivity index (χ1v) is 10.1. The average molecular weight is 349 g/mol. The molecule has 2 atom stereocenters. The van der Waals surface area contributed by atoms with E-state index >= 15 is 0 Å². The summed E-state index contributed by atoms with van der Waals surface area (Å²) in [5.41, 5.74) is 0. The fraction of sp³-hybridized carbons (Fsp3) is 0.684. The van der Waals surface area contributed by atoms with Crippen LogP contribution in [-0.4, -0.2) is 35.8 Å². The molecule has 1 aromatic rings. The summed E-state index contributed by atoms with van der Waals surface area (Å²) in [5, 5.41) is 3.11. The van der Waals surface area contributed by atoms with Crippen LogP contribution in [0.25, 0.3) is 0 Å². The van der Waals surface area contributed by atoms with Crippen LogP contribution in [0.5, 0.6) is 0 Å². The topological polar surface area (TPSA) is 49.4 Å². The molecule has 0 bridgehead atoms. The van der Waals surface area contributed by atoms with Gasteiger partial charge in [-0.15, -0.1) is 11.3 Å². The lowest BCUT2D eigenvalue weighted by atomic mass is 9.82. The number of nitrogens with zero attached hydrogens (tertiary/aromatic N) is 1. The van der Waals surface area contributed by atoms with Crippen molar-refractivity contribution in [3.05, 3.63) is 21.9 Å². The van der Waals surface area contributed by atoms with Crippen molar-refractivity contribution in [3.8, 4) is 0 Å². The average Bonchev–Trinajstić information content (AvgIpc) is 3.01. The number of aryl methyl sites for hydroxylation is 1. The van der Waals surface area contributed by atoms with Crippen LogP contribution in [0.15, 0.2) is 12.1 Å². The van der Waals surface area contributed by atoms with Crippen molar-refractivity contribution in [2.75, 3.05) is 13.1 Å². The van der Waals surface area contributed by atoms with Crippen LogP contribution >= 0.6 is 11.3 Å².